The Morgan fingerprint density at radius 2 is 1.86 bits per heavy atom. The zero-order valence-corrected chi connectivity index (χ0v) is 22.4. The lowest BCUT2D eigenvalue weighted by molar-refractivity contribution is 0.0524. The van der Waals surface area contributed by atoms with Gasteiger partial charge in [-0.25, -0.2) is 9.59 Å². The van der Waals surface area contributed by atoms with E-state index in [1.165, 1.54) is 16.7 Å². The highest BCUT2D eigenvalue weighted by Crippen LogP contribution is 2.28. The molecular weight excluding hydrogens is 478 g/mol. The van der Waals surface area contributed by atoms with Gasteiger partial charge >= 0.3 is 12.1 Å². The van der Waals surface area contributed by atoms with E-state index in [0.29, 0.717) is 24.2 Å². The van der Waals surface area contributed by atoms with Crippen LogP contribution in [-0.2, 0) is 11.2 Å². The Morgan fingerprint density at radius 1 is 1.14 bits per heavy atom. The number of carbonyl (C=O) groups excluding carboxylic acids is 2. The number of nitrogens with zero attached hydrogens (tertiary/aromatic N) is 1. The van der Waals surface area contributed by atoms with Gasteiger partial charge in [0, 0.05) is 41.6 Å². The molecule has 3 rings (SSSR count). The number of carboxylic acid groups (broad SMARTS) is 1. The molecule has 36 heavy (non-hydrogen) atoms. The van der Waals surface area contributed by atoms with Gasteiger partial charge in [0.25, 0.3) is 5.91 Å². The zero-order chi connectivity index (χ0) is 26.3. The standard InChI is InChI=1S/C27H37N3O5S/c1-5-18(10-11-28-26(34)35-27(2,3)4)14-19-15-20(30-12-6-7-13-30)8-9-21(19)24(31)29-23-17-36-16-22(23)25(32)33/h8-9,15-18H,5-7,10-14H2,1-4H3,(H,28,34)(H,29,31)(H,32,33). The van der Waals surface area contributed by atoms with Gasteiger partial charge in [0.2, 0.25) is 0 Å². The highest BCUT2D eigenvalue weighted by Gasteiger charge is 2.22. The summed E-state index contributed by atoms with van der Waals surface area (Å²) in [6.07, 6.45) is 4.19. The zero-order valence-electron chi connectivity index (χ0n) is 21.6. The quantitative estimate of drug-likeness (QED) is 0.370. The molecule has 0 bridgehead atoms. The van der Waals surface area contributed by atoms with Gasteiger partial charge < -0.3 is 25.4 Å². The molecule has 1 aliphatic heterocycles. The number of nitrogens with one attached hydrogen (secondary N) is 2. The second kappa shape index (κ2) is 12.3. The minimum Gasteiger partial charge on any atom is -0.478 e. The predicted molar refractivity (Wildman–Crippen MR) is 143 cm³/mol. The molecule has 8 nitrogen and oxygen atoms in total. The van der Waals surface area contributed by atoms with Crippen LogP contribution in [0.15, 0.2) is 29.0 Å². The molecule has 1 aromatic carbocycles. The Bertz CT molecular complexity index is 1070. The average molecular weight is 516 g/mol. The highest BCUT2D eigenvalue weighted by molar-refractivity contribution is 7.08. The number of carboxylic acids is 1. The lowest BCUT2D eigenvalue weighted by Gasteiger charge is -2.23. The van der Waals surface area contributed by atoms with Crippen LogP contribution in [0.25, 0.3) is 0 Å². The molecule has 1 aromatic heterocycles. The number of alkyl carbamates (subject to hydrolysis) is 1. The summed E-state index contributed by atoms with van der Waals surface area (Å²) >= 11 is 1.24. The van der Waals surface area contributed by atoms with Gasteiger partial charge in [0.1, 0.15) is 5.60 Å². The summed E-state index contributed by atoms with van der Waals surface area (Å²) in [7, 11) is 0. The molecule has 196 valence electrons. The number of hydrogen-bond donors (Lipinski definition) is 3. The van der Waals surface area contributed by atoms with E-state index >= 15 is 0 Å². The van der Waals surface area contributed by atoms with Crippen LogP contribution in [0.5, 0.6) is 0 Å². The smallest absolute Gasteiger partial charge is 0.407 e. The first-order valence-corrected chi connectivity index (χ1v) is 13.5. The Hall–Kier alpha value is -3.07. The molecule has 2 aromatic rings. The molecular formula is C27H37N3O5S. The number of carbonyl (C=O) groups is 3. The van der Waals surface area contributed by atoms with Crippen LogP contribution in [0.3, 0.4) is 0 Å². The topological polar surface area (TPSA) is 108 Å². The Morgan fingerprint density at radius 3 is 2.50 bits per heavy atom. The summed E-state index contributed by atoms with van der Waals surface area (Å²) in [4.78, 5) is 39.1. The summed E-state index contributed by atoms with van der Waals surface area (Å²) in [5.41, 5.74) is 2.41. The van der Waals surface area contributed by atoms with Gasteiger partial charge in [-0.05, 0) is 76.1 Å². The molecule has 1 unspecified atom stereocenters. The number of thiophene rings is 1. The van der Waals surface area contributed by atoms with E-state index in [1.54, 1.807) is 5.38 Å². The fourth-order valence-electron chi connectivity index (χ4n) is 4.35. The second-order valence-electron chi connectivity index (χ2n) is 10.2. The maximum atomic E-state index is 13.3. The number of hydrogen-bond acceptors (Lipinski definition) is 6. The van der Waals surface area contributed by atoms with Gasteiger partial charge in [0.15, 0.2) is 0 Å². The number of aromatic carboxylic acids is 1. The summed E-state index contributed by atoms with van der Waals surface area (Å²) < 4.78 is 5.32. The lowest BCUT2D eigenvalue weighted by Crippen LogP contribution is -2.33. The molecule has 1 saturated heterocycles. The molecule has 0 aliphatic carbocycles. The monoisotopic (exact) mass is 515 g/mol. The fraction of sp³-hybridized carbons (Fsp3) is 0.519. The molecule has 0 spiro atoms. The van der Waals surface area contributed by atoms with Gasteiger partial charge in [-0.15, -0.1) is 11.3 Å². The van der Waals surface area contributed by atoms with Crippen molar-refractivity contribution in [3.8, 4) is 0 Å². The Labute approximate surface area is 217 Å². The van der Waals surface area contributed by atoms with Gasteiger partial charge in [-0.1, -0.05) is 13.3 Å². The number of amides is 2. The maximum Gasteiger partial charge on any atom is 0.407 e. The molecule has 0 radical (unpaired) electrons. The first kappa shape index (κ1) is 27.5. The molecule has 0 saturated carbocycles. The van der Waals surface area contributed by atoms with Crippen LogP contribution < -0.4 is 15.5 Å². The first-order chi connectivity index (χ1) is 17.1. The highest BCUT2D eigenvalue weighted by atomic mass is 32.1. The molecule has 1 atom stereocenters. The molecule has 9 heteroatoms. The van der Waals surface area contributed by atoms with Crippen LogP contribution >= 0.6 is 11.3 Å². The molecule has 1 aliphatic rings. The summed E-state index contributed by atoms with van der Waals surface area (Å²) in [5, 5.41) is 18.2. The van der Waals surface area contributed by atoms with E-state index in [1.807, 2.05) is 32.9 Å². The minimum atomic E-state index is -1.07. The number of ether oxygens (including phenoxy) is 1. The minimum absolute atomic E-state index is 0.0863. The van der Waals surface area contributed by atoms with E-state index in [4.69, 9.17) is 4.74 Å². The van der Waals surface area contributed by atoms with Crippen molar-refractivity contribution in [1.82, 2.24) is 5.32 Å². The van der Waals surface area contributed by atoms with Crippen molar-refractivity contribution in [2.45, 2.75) is 65.4 Å². The van der Waals surface area contributed by atoms with E-state index in [0.717, 1.165) is 50.0 Å². The van der Waals surface area contributed by atoms with E-state index in [2.05, 4.69) is 28.5 Å². The van der Waals surface area contributed by atoms with Crippen molar-refractivity contribution < 1.29 is 24.2 Å². The molecule has 2 heterocycles. The van der Waals surface area contributed by atoms with Gasteiger partial charge in [-0.3, -0.25) is 4.79 Å². The number of anilines is 2. The first-order valence-electron chi connectivity index (χ1n) is 12.5. The van der Waals surface area contributed by atoms with E-state index in [-0.39, 0.29) is 17.4 Å². The third kappa shape index (κ3) is 7.71. The van der Waals surface area contributed by atoms with Crippen LogP contribution in [0.1, 0.15) is 79.7 Å². The Kier molecular flexibility index (Phi) is 9.37. The lowest BCUT2D eigenvalue weighted by atomic mass is 9.90. The molecule has 1 fully saturated rings. The van der Waals surface area contributed by atoms with E-state index < -0.39 is 17.7 Å². The van der Waals surface area contributed by atoms with Crippen molar-refractivity contribution in [3.05, 3.63) is 45.6 Å². The summed E-state index contributed by atoms with van der Waals surface area (Å²) in [6.45, 7) is 10.1. The van der Waals surface area contributed by atoms with Crippen LogP contribution in [-0.4, -0.2) is 48.3 Å². The van der Waals surface area contributed by atoms with Crippen molar-refractivity contribution in [1.29, 1.82) is 0 Å². The Balaban J connectivity index is 1.76. The number of benzene rings is 1. The van der Waals surface area contributed by atoms with Crippen LogP contribution in [0.2, 0.25) is 0 Å². The third-order valence-corrected chi connectivity index (χ3v) is 7.00. The normalized spacial score (nSPS) is 14.4. The SMILES string of the molecule is CCC(CCNC(=O)OC(C)(C)C)Cc1cc(N2CCCC2)ccc1C(=O)Nc1cscc1C(=O)O. The van der Waals surface area contributed by atoms with Crippen molar-refractivity contribution in [2.75, 3.05) is 29.9 Å². The third-order valence-electron chi connectivity index (χ3n) is 6.25. The van der Waals surface area contributed by atoms with Crippen molar-refractivity contribution in [2.24, 2.45) is 5.92 Å². The molecule has 3 N–H and O–H groups in total. The number of rotatable bonds is 10. The second-order valence-corrected chi connectivity index (χ2v) is 10.9. The summed E-state index contributed by atoms with van der Waals surface area (Å²) in [6, 6.07) is 5.91. The van der Waals surface area contributed by atoms with Crippen molar-refractivity contribution in [3.63, 3.8) is 0 Å². The van der Waals surface area contributed by atoms with E-state index in [9.17, 15) is 19.5 Å². The largest absolute Gasteiger partial charge is 0.478 e. The fourth-order valence-corrected chi connectivity index (χ4v) is 5.10. The molecule has 2 amide bonds. The van der Waals surface area contributed by atoms with Gasteiger partial charge in [0.05, 0.1) is 11.3 Å². The van der Waals surface area contributed by atoms with Crippen LogP contribution in [0, 0.1) is 5.92 Å². The van der Waals surface area contributed by atoms with Gasteiger partial charge in [-0.2, -0.15) is 0 Å². The summed E-state index contributed by atoms with van der Waals surface area (Å²) in [5.74, 6) is -1.14. The van der Waals surface area contributed by atoms with Crippen molar-refractivity contribution >= 4 is 40.7 Å². The maximum absolute atomic E-state index is 13.3. The van der Waals surface area contributed by atoms with Crippen LogP contribution in [0.4, 0.5) is 16.2 Å². The predicted octanol–water partition coefficient (Wildman–Crippen LogP) is 5.78. The average Bonchev–Trinajstić information content (AvgIpc) is 3.49.